The molecule has 2 heterocycles. The Kier molecular flexibility index (Phi) is 2.82. The summed E-state index contributed by atoms with van der Waals surface area (Å²) in [5.41, 5.74) is 0.878. The van der Waals surface area contributed by atoms with Gasteiger partial charge in [-0.3, -0.25) is 5.10 Å². The lowest BCUT2D eigenvalue weighted by molar-refractivity contribution is 0.341. The van der Waals surface area contributed by atoms with Crippen LogP contribution in [0.5, 0.6) is 0 Å². The molecule has 0 radical (unpaired) electrons. The number of rotatable bonds is 3. The number of halogens is 1. The number of hydrogen-bond donors (Lipinski definition) is 2. The predicted octanol–water partition coefficient (Wildman–Crippen LogP) is 1.89. The third-order valence-corrected chi connectivity index (χ3v) is 3.32. The molecule has 17 heavy (non-hydrogen) atoms. The number of benzene rings is 1. The summed E-state index contributed by atoms with van der Waals surface area (Å²) in [4.78, 5) is 4.48. The van der Waals surface area contributed by atoms with Crippen LogP contribution in [-0.4, -0.2) is 28.3 Å². The average molecular weight is 249 g/mol. The number of aromatic amines is 1. The molecule has 1 aliphatic heterocycles. The molecule has 1 aromatic heterocycles. The van der Waals surface area contributed by atoms with Gasteiger partial charge in [0, 0.05) is 12.0 Å². The van der Waals surface area contributed by atoms with E-state index in [2.05, 4.69) is 20.5 Å². The number of H-pyrrole nitrogens is 1. The highest BCUT2D eigenvalue weighted by Gasteiger charge is 2.19. The van der Waals surface area contributed by atoms with E-state index in [0.29, 0.717) is 16.8 Å². The molecule has 1 aromatic carbocycles. The van der Waals surface area contributed by atoms with E-state index >= 15 is 0 Å². The second kappa shape index (κ2) is 4.47. The Morgan fingerprint density at radius 2 is 2.12 bits per heavy atom. The summed E-state index contributed by atoms with van der Waals surface area (Å²) in [6.07, 6.45) is 0.949. The van der Waals surface area contributed by atoms with Gasteiger partial charge in [-0.15, -0.1) is 0 Å². The Labute approximate surface area is 104 Å². The second-order valence-corrected chi connectivity index (χ2v) is 4.72. The van der Waals surface area contributed by atoms with E-state index in [1.807, 2.05) is 24.3 Å². The van der Waals surface area contributed by atoms with Crippen molar-refractivity contribution in [3.05, 3.63) is 35.1 Å². The first kappa shape index (κ1) is 10.7. The molecular formula is C12H13ClN4. The maximum atomic E-state index is 6.11. The Balaban J connectivity index is 1.82. The van der Waals surface area contributed by atoms with Gasteiger partial charge in [0.25, 0.3) is 0 Å². The number of aromatic nitrogens is 3. The van der Waals surface area contributed by atoms with Crippen LogP contribution in [0, 0.1) is 5.92 Å². The normalized spacial score (nSPS) is 15.8. The van der Waals surface area contributed by atoms with Crippen LogP contribution in [-0.2, 0) is 6.42 Å². The van der Waals surface area contributed by atoms with Crippen LogP contribution in [0.4, 0.5) is 0 Å². The lowest BCUT2D eigenvalue weighted by Gasteiger charge is -2.25. The highest BCUT2D eigenvalue weighted by atomic mass is 35.5. The van der Waals surface area contributed by atoms with Crippen molar-refractivity contribution in [1.29, 1.82) is 0 Å². The van der Waals surface area contributed by atoms with Crippen LogP contribution in [0.2, 0.25) is 5.02 Å². The topological polar surface area (TPSA) is 53.6 Å². The Bertz CT molecular complexity index is 519. The first-order valence-electron chi connectivity index (χ1n) is 5.70. The van der Waals surface area contributed by atoms with E-state index in [0.717, 1.165) is 30.9 Å². The van der Waals surface area contributed by atoms with E-state index in [1.54, 1.807) is 0 Å². The summed E-state index contributed by atoms with van der Waals surface area (Å²) < 4.78 is 0. The molecular weight excluding hydrogens is 236 g/mol. The van der Waals surface area contributed by atoms with Crippen LogP contribution in [0.15, 0.2) is 24.3 Å². The van der Waals surface area contributed by atoms with Crippen LogP contribution in [0.3, 0.4) is 0 Å². The van der Waals surface area contributed by atoms with Crippen LogP contribution < -0.4 is 5.32 Å². The summed E-state index contributed by atoms with van der Waals surface area (Å²) >= 11 is 6.11. The molecule has 1 aliphatic rings. The molecule has 4 nitrogen and oxygen atoms in total. The largest absolute Gasteiger partial charge is 0.316 e. The van der Waals surface area contributed by atoms with Gasteiger partial charge in [-0.05, 0) is 31.1 Å². The summed E-state index contributed by atoms with van der Waals surface area (Å²) in [5.74, 6) is 2.30. The van der Waals surface area contributed by atoms with Crippen molar-refractivity contribution in [3.8, 4) is 11.4 Å². The summed E-state index contributed by atoms with van der Waals surface area (Å²) in [5, 5.41) is 11.1. The number of nitrogens with zero attached hydrogens (tertiary/aromatic N) is 2. The standard InChI is InChI=1S/C12H13ClN4/c13-10-4-2-1-3-9(10)12-15-11(16-17-12)5-8-6-14-7-8/h1-4,8,14H,5-7H2,(H,15,16,17). The quantitative estimate of drug-likeness (QED) is 0.872. The molecule has 0 aliphatic carbocycles. The fraction of sp³-hybridized carbons (Fsp3) is 0.333. The smallest absolute Gasteiger partial charge is 0.182 e. The number of nitrogens with one attached hydrogen (secondary N) is 2. The maximum Gasteiger partial charge on any atom is 0.182 e. The van der Waals surface area contributed by atoms with Gasteiger partial charge < -0.3 is 5.32 Å². The lowest BCUT2D eigenvalue weighted by Crippen LogP contribution is -2.43. The summed E-state index contributed by atoms with van der Waals surface area (Å²) in [7, 11) is 0. The van der Waals surface area contributed by atoms with Gasteiger partial charge in [0.05, 0.1) is 5.02 Å². The van der Waals surface area contributed by atoms with E-state index in [4.69, 9.17) is 11.6 Å². The fourth-order valence-electron chi connectivity index (χ4n) is 1.92. The van der Waals surface area contributed by atoms with Crippen molar-refractivity contribution in [2.24, 2.45) is 5.92 Å². The minimum Gasteiger partial charge on any atom is -0.316 e. The first-order chi connectivity index (χ1) is 8.33. The molecule has 3 rings (SSSR count). The minimum absolute atomic E-state index is 0.679. The van der Waals surface area contributed by atoms with E-state index < -0.39 is 0 Å². The molecule has 0 spiro atoms. The fourth-order valence-corrected chi connectivity index (χ4v) is 2.14. The van der Waals surface area contributed by atoms with E-state index in [-0.39, 0.29) is 0 Å². The van der Waals surface area contributed by atoms with Gasteiger partial charge in [0.2, 0.25) is 0 Å². The zero-order valence-corrected chi connectivity index (χ0v) is 10.0. The molecule has 0 saturated carbocycles. The third-order valence-electron chi connectivity index (χ3n) is 2.99. The molecule has 0 unspecified atom stereocenters. The first-order valence-corrected chi connectivity index (χ1v) is 6.07. The van der Waals surface area contributed by atoms with E-state index in [1.165, 1.54) is 0 Å². The Morgan fingerprint density at radius 3 is 2.82 bits per heavy atom. The molecule has 0 amide bonds. The Morgan fingerprint density at radius 1 is 1.29 bits per heavy atom. The molecule has 1 fully saturated rings. The Hall–Kier alpha value is -1.39. The van der Waals surface area contributed by atoms with Crippen molar-refractivity contribution < 1.29 is 0 Å². The third kappa shape index (κ3) is 2.18. The van der Waals surface area contributed by atoms with Crippen molar-refractivity contribution in [2.45, 2.75) is 6.42 Å². The van der Waals surface area contributed by atoms with Crippen molar-refractivity contribution in [2.75, 3.05) is 13.1 Å². The van der Waals surface area contributed by atoms with Crippen molar-refractivity contribution in [1.82, 2.24) is 20.5 Å². The average Bonchev–Trinajstić information content (AvgIpc) is 2.73. The minimum atomic E-state index is 0.679. The van der Waals surface area contributed by atoms with Crippen LogP contribution >= 0.6 is 11.6 Å². The van der Waals surface area contributed by atoms with Crippen molar-refractivity contribution in [3.63, 3.8) is 0 Å². The van der Waals surface area contributed by atoms with Crippen LogP contribution in [0.25, 0.3) is 11.4 Å². The highest BCUT2D eigenvalue weighted by molar-refractivity contribution is 6.33. The van der Waals surface area contributed by atoms with Gasteiger partial charge in [0.1, 0.15) is 5.82 Å². The summed E-state index contributed by atoms with van der Waals surface area (Å²) in [6.45, 7) is 2.14. The monoisotopic (exact) mass is 248 g/mol. The molecule has 88 valence electrons. The highest BCUT2D eigenvalue weighted by Crippen LogP contribution is 2.24. The molecule has 0 bridgehead atoms. The SMILES string of the molecule is Clc1ccccc1-c1n[nH]c(CC2CNC2)n1. The summed E-state index contributed by atoms with van der Waals surface area (Å²) in [6, 6.07) is 7.62. The predicted molar refractivity (Wildman–Crippen MR) is 66.9 cm³/mol. The van der Waals surface area contributed by atoms with E-state index in [9.17, 15) is 0 Å². The zero-order valence-electron chi connectivity index (χ0n) is 9.28. The molecule has 2 N–H and O–H groups in total. The lowest BCUT2D eigenvalue weighted by atomic mass is 9.99. The maximum absolute atomic E-state index is 6.11. The molecule has 2 aromatic rings. The van der Waals surface area contributed by atoms with Gasteiger partial charge in [-0.1, -0.05) is 23.7 Å². The van der Waals surface area contributed by atoms with Crippen molar-refractivity contribution >= 4 is 11.6 Å². The van der Waals surface area contributed by atoms with Gasteiger partial charge in [0.15, 0.2) is 5.82 Å². The van der Waals surface area contributed by atoms with Gasteiger partial charge in [-0.2, -0.15) is 5.10 Å². The molecule has 5 heteroatoms. The van der Waals surface area contributed by atoms with Crippen LogP contribution in [0.1, 0.15) is 5.82 Å². The van der Waals surface area contributed by atoms with Gasteiger partial charge in [-0.25, -0.2) is 4.98 Å². The zero-order chi connectivity index (χ0) is 11.7. The number of hydrogen-bond acceptors (Lipinski definition) is 3. The van der Waals surface area contributed by atoms with Gasteiger partial charge >= 0.3 is 0 Å². The molecule has 1 saturated heterocycles. The molecule has 0 atom stereocenters. The second-order valence-electron chi connectivity index (χ2n) is 4.31.